The predicted molar refractivity (Wildman–Crippen MR) is 96.5 cm³/mol. The van der Waals surface area contributed by atoms with E-state index in [4.69, 9.17) is 4.42 Å². The van der Waals surface area contributed by atoms with E-state index in [9.17, 15) is 4.79 Å². The first kappa shape index (κ1) is 17.5. The van der Waals surface area contributed by atoms with Gasteiger partial charge in [-0.05, 0) is 46.2 Å². The zero-order valence-electron chi connectivity index (χ0n) is 15.4. The van der Waals surface area contributed by atoms with Crippen LogP contribution in [0.1, 0.15) is 39.9 Å². The Balaban J connectivity index is 1.69. The van der Waals surface area contributed by atoms with Gasteiger partial charge < -0.3 is 14.6 Å². The molecular formula is C18H27N5O2. The Labute approximate surface area is 148 Å². The molecule has 0 aromatic carbocycles. The van der Waals surface area contributed by atoms with Gasteiger partial charge in [0.2, 0.25) is 0 Å². The van der Waals surface area contributed by atoms with Crippen molar-refractivity contribution >= 4 is 11.8 Å². The first-order valence-corrected chi connectivity index (χ1v) is 8.64. The molecule has 1 aliphatic rings. The molecule has 2 aromatic rings. The zero-order chi connectivity index (χ0) is 18.1. The second-order valence-corrected chi connectivity index (χ2v) is 7.95. The van der Waals surface area contributed by atoms with Gasteiger partial charge in [-0.2, -0.15) is 5.10 Å². The molecule has 0 radical (unpaired) electrons. The van der Waals surface area contributed by atoms with E-state index in [1.807, 2.05) is 17.0 Å². The van der Waals surface area contributed by atoms with Gasteiger partial charge >= 0.3 is 6.03 Å². The second kappa shape index (κ2) is 6.55. The number of nitrogens with zero attached hydrogens (tertiary/aromatic N) is 3. The molecule has 0 spiro atoms. The maximum Gasteiger partial charge on any atom is 0.323 e. The van der Waals surface area contributed by atoms with Gasteiger partial charge in [0.05, 0.1) is 12.5 Å². The van der Waals surface area contributed by atoms with Crippen LogP contribution in [0.5, 0.6) is 0 Å². The van der Waals surface area contributed by atoms with E-state index in [1.165, 1.54) is 0 Å². The normalized spacial score (nSPS) is 19.4. The number of hydrogen-bond acceptors (Lipinski definition) is 4. The average molecular weight is 345 g/mol. The number of aromatic nitrogens is 2. The molecule has 2 aromatic heterocycles. The molecule has 2 N–H and O–H groups in total. The first-order chi connectivity index (χ1) is 11.7. The van der Waals surface area contributed by atoms with Crippen molar-refractivity contribution in [3.63, 3.8) is 0 Å². The van der Waals surface area contributed by atoms with Gasteiger partial charge in [0.15, 0.2) is 0 Å². The smallest absolute Gasteiger partial charge is 0.323 e. The average Bonchev–Trinajstić information content (AvgIpc) is 3.13. The van der Waals surface area contributed by atoms with Crippen molar-refractivity contribution in [2.45, 2.75) is 51.7 Å². The third-order valence-corrected chi connectivity index (χ3v) is 4.39. The number of amides is 2. The highest BCUT2D eigenvalue weighted by atomic mass is 16.3. The number of carbonyl (C=O) groups is 1. The molecule has 2 amide bonds. The summed E-state index contributed by atoms with van der Waals surface area (Å²) in [6, 6.07) is 5.42. The minimum Gasteiger partial charge on any atom is -0.467 e. The molecule has 136 valence electrons. The third-order valence-electron chi connectivity index (χ3n) is 4.39. The fourth-order valence-corrected chi connectivity index (χ4v) is 3.47. The van der Waals surface area contributed by atoms with Crippen LogP contribution in [0, 0.1) is 0 Å². The molecule has 7 heteroatoms. The molecule has 0 saturated carbocycles. The Morgan fingerprint density at radius 3 is 2.84 bits per heavy atom. The van der Waals surface area contributed by atoms with E-state index in [0.29, 0.717) is 25.5 Å². The summed E-state index contributed by atoms with van der Waals surface area (Å²) in [5.41, 5.74) is -0.147. The number of carbonyl (C=O) groups excluding carboxylic acids is 1. The molecule has 0 atom stereocenters. The Morgan fingerprint density at radius 2 is 2.12 bits per heavy atom. The van der Waals surface area contributed by atoms with Crippen LogP contribution >= 0.6 is 0 Å². The van der Waals surface area contributed by atoms with Gasteiger partial charge in [0.25, 0.3) is 0 Å². The number of furan rings is 1. The maximum absolute atomic E-state index is 12.8. The maximum atomic E-state index is 12.8. The molecule has 25 heavy (non-hydrogen) atoms. The largest absolute Gasteiger partial charge is 0.467 e. The van der Waals surface area contributed by atoms with Crippen molar-refractivity contribution < 1.29 is 9.21 Å². The van der Waals surface area contributed by atoms with Crippen molar-refractivity contribution in [3.8, 4) is 0 Å². The van der Waals surface area contributed by atoms with Crippen molar-refractivity contribution in [1.82, 2.24) is 20.0 Å². The SMILES string of the molecule is CC1(C)CCN(C(=O)Nc2ccnn2Cc2ccco2)CC(C)(C)N1. The van der Waals surface area contributed by atoms with Crippen LogP contribution in [0.25, 0.3) is 0 Å². The fourth-order valence-electron chi connectivity index (χ4n) is 3.47. The zero-order valence-corrected chi connectivity index (χ0v) is 15.4. The molecular weight excluding hydrogens is 318 g/mol. The summed E-state index contributed by atoms with van der Waals surface area (Å²) < 4.78 is 7.08. The number of rotatable bonds is 3. The lowest BCUT2D eigenvalue weighted by Crippen LogP contribution is -2.54. The monoisotopic (exact) mass is 345 g/mol. The van der Waals surface area contributed by atoms with E-state index in [0.717, 1.165) is 12.2 Å². The van der Waals surface area contributed by atoms with Crippen LogP contribution in [0.15, 0.2) is 35.1 Å². The lowest BCUT2D eigenvalue weighted by Gasteiger charge is -2.34. The van der Waals surface area contributed by atoms with Gasteiger partial charge in [-0.1, -0.05) is 0 Å². The summed E-state index contributed by atoms with van der Waals surface area (Å²) in [7, 11) is 0. The van der Waals surface area contributed by atoms with Crippen LogP contribution < -0.4 is 10.6 Å². The molecule has 7 nitrogen and oxygen atoms in total. The van der Waals surface area contributed by atoms with Gasteiger partial charge in [-0.3, -0.25) is 5.32 Å². The highest BCUT2D eigenvalue weighted by Crippen LogP contribution is 2.22. The summed E-state index contributed by atoms with van der Waals surface area (Å²) in [6.07, 6.45) is 4.20. The Hall–Kier alpha value is -2.28. The predicted octanol–water partition coefficient (Wildman–Crippen LogP) is 2.91. The number of hydrogen-bond donors (Lipinski definition) is 2. The van der Waals surface area contributed by atoms with Crippen molar-refractivity contribution in [1.29, 1.82) is 0 Å². The molecule has 1 fully saturated rings. The Kier molecular flexibility index (Phi) is 4.60. The molecule has 0 unspecified atom stereocenters. The minimum absolute atomic E-state index is 0.000407. The van der Waals surface area contributed by atoms with E-state index < -0.39 is 0 Å². The molecule has 0 bridgehead atoms. The van der Waals surface area contributed by atoms with Crippen LogP contribution in [-0.2, 0) is 6.54 Å². The van der Waals surface area contributed by atoms with E-state index in [2.05, 4.69) is 43.4 Å². The minimum atomic E-state index is -0.147. The topological polar surface area (TPSA) is 75.3 Å². The molecule has 3 heterocycles. The first-order valence-electron chi connectivity index (χ1n) is 8.64. The van der Waals surface area contributed by atoms with Gasteiger partial charge in [-0.25, -0.2) is 9.48 Å². The van der Waals surface area contributed by atoms with Crippen LogP contribution in [0.2, 0.25) is 0 Å². The molecule has 3 rings (SSSR count). The number of urea groups is 1. The number of anilines is 1. The summed E-state index contributed by atoms with van der Waals surface area (Å²) in [4.78, 5) is 14.7. The van der Waals surface area contributed by atoms with Crippen molar-refractivity contribution in [2.24, 2.45) is 0 Å². The summed E-state index contributed by atoms with van der Waals surface area (Å²) in [6.45, 7) is 10.4. The lowest BCUT2D eigenvalue weighted by molar-refractivity contribution is 0.200. The van der Waals surface area contributed by atoms with Crippen molar-refractivity contribution in [3.05, 3.63) is 36.4 Å². The van der Waals surface area contributed by atoms with Crippen LogP contribution in [-0.4, -0.2) is 44.9 Å². The summed E-state index contributed by atoms with van der Waals surface area (Å²) in [5.74, 6) is 1.46. The molecule has 1 saturated heterocycles. The summed E-state index contributed by atoms with van der Waals surface area (Å²) >= 11 is 0. The highest BCUT2D eigenvalue weighted by Gasteiger charge is 2.35. The van der Waals surface area contributed by atoms with E-state index >= 15 is 0 Å². The quantitative estimate of drug-likeness (QED) is 0.897. The van der Waals surface area contributed by atoms with Gasteiger partial charge in [-0.15, -0.1) is 0 Å². The van der Waals surface area contributed by atoms with Crippen LogP contribution in [0.4, 0.5) is 10.6 Å². The van der Waals surface area contributed by atoms with E-state index in [-0.39, 0.29) is 17.1 Å². The molecule has 1 aliphatic heterocycles. The van der Waals surface area contributed by atoms with E-state index in [1.54, 1.807) is 23.2 Å². The Bertz CT molecular complexity index is 718. The van der Waals surface area contributed by atoms with Gasteiger partial charge in [0, 0.05) is 30.2 Å². The van der Waals surface area contributed by atoms with Crippen molar-refractivity contribution in [2.75, 3.05) is 18.4 Å². The second-order valence-electron chi connectivity index (χ2n) is 7.95. The standard InChI is InChI=1S/C18H27N5O2/c1-17(2)8-10-22(13-18(3,4)21-17)16(24)20-15-7-9-19-23(15)12-14-6-5-11-25-14/h5-7,9,11,21H,8,10,12-13H2,1-4H3,(H,20,24). The Morgan fingerprint density at radius 1 is 1.32 bits per heavy atom. The summed E-state index contributed by atoms with van der Waals surface area (Å²) in [5, 5.41) is 10.9. The third kappa shape index (κ3) is 4.42. The number of nitrogens with one attached hydrogen (secondary N) is 2. The highest BCUT2D eigenvalue weighted by molar-refractivity contribution is 5.88. The van der Waals surface area contributed by atoms with Crippen LogP contribution in [0.3, 0.4) is 0 Å². The lowest BCUT2D eigenvalue weighted by atomic mass is 9.96. The fraction of sp³-hybridized carbons (Fsp3) is 0.556. The van der Waals surface area contributed by atoms with Gasteiger partial charge in [0.1, 0.15) is 18.1 Å². The molecule has 0 aliphatic carbocycles.